The van der Waals surface area contributed by atoms with Crippen LogP contribution in [0.2, 0.25) is 5.02 Å². The lowest BCUT2D eigenvalue weighted by Gasteiger charge is -2.22. The molecule has 1 saturated carbocycles. The SMILES string of the molecule is CC(C)C1(c2ccccc2Cl)C[C@H]1C(=O)O. The fraction of sp³-hybridized carbons (Fsp3) is 0.462. The van der Waals surface area contributed by atoms with E-state index in [0.717, 1.165) is 5.56 Å². The van der Waals surface area contributed by atoms with Crippen LogP contribution in [0.15, 0.2) is 24.3 Å². The monoisotopic (exact) mass is 238 g/mol. The van der Waals surface area contributed by atoms with E-state index in [1.54, 1.807) is 0 Å². The molecule has 0 heterocycles. The molecule has 1 aromatic rings. The van der Waals surface area contributed by atoms with E-state index in [-0.39, 0.29) is 17.3 Å². The van der Waals surface area contributed by atoms with Gasteiger partial charge in [0.1, 0.15) is 0 Å². The van der Waals surface area contributed by atoms with E-state index in [4.69, 9.17) is 16.7 Å². The van der Waals surface area contributed by atoms with Crippen molar-refractivity contribution in [3.05, 3.63) is 34.9 Å². The zero-order chi connectivity index (χ0) is 11.9. The maximum absolute atomic E-state index is 11.1. The zero-order valence-electron chi connectivity index (χ0n) is 9.40. The molecule has 0 amide bonds. The van der Waals surface area contributed by atoms with Gasteiger partial charge in [-0.2, -0.15) is 0 Å². The van der Waals surface area contributed by atoms with Crippen LogP contribution in [0.25, 0.3) is 0 Å². The molecule has 86 valence electrons. The third-order valence-electron chi connectivity index (χ3n) is 3.71. The van der Waals surface area contributed by atoms with Crippen LogP contribution >= 0.6 is 11.6 Å². The van der Waals surface area contributed by atoms with Gasteiger partial charge in [0, 0.05) is 10.4 Å². The number of halogens is 1. The number of carboxylic acid groups (broad SMARTS) is 1. The third kappa shape index (κ3) is 1.52. The first-order chi connectivity index (χ1) is 7.50. The topological polar surface area (TPSA) is 37.3 Å². The van der Waals surface area contributed by atoms with E-state index in [1.807, 2.05) is 24.3 Å². The minimum atomic E-state index is -0.714. The highest BCUT2D eigenvalue weighted by atomic mass is 35.5. The second-order valence-corrected chi connectivity index (χ2v) is 5.18. The van der Waals surface area contributed by atoms with Gasteiger partial charge in [0.25, 0.3) is 0 Å². The van der Waals surface area contributed by atoms with Crippen LogP contribution in [-0.4, -0.2) is 11.1 Å². The summed E-state index contributed by atoms with van der Waals surface area (Å²) in [4.78, 5) is 11.1. The zero-order valence-corrected chi connectivity index (χ0v) is 10.2. The van der Waals surface area contributed by atoms with Gasteiger partial charge in [-0.15, -0.1) is 0 Å². The van der Waals surface area contributed by atoms with Gasteiger partial charge in [0.15, 0.2) is 0 Å². The van der Waals surface area contributed by atoms with Crippen LogP contribution in [0.3, 0.4) is 0 Å². The molecule has 1 unspecified atom stereocenters. The molecular weight excluding hydrogens is 224 g/mol. The summed E-state index contributed by atoms with van der Waals surface area (Å²) in [5.74, 6) is -0.713. The van der Waals surface area contributed by atoms with Crippen molar-refractivity contribution in [2.45, 2.75) is 25.7 Å². The minimum Gasteiger partial charge on any atom is -0.481 e. The average Bonchev–Trinajstić information content (AvgIpc) is 2.94. The van der Waals surface area contributed by atoms with Crippen molar-refractivity contribution in [2.24, 2.45) is 11.8 Å². The van der Waals surface area contributed by atoms with E-state index in [2.05, 4.69) is 13.8 Å². The molecule has 0 spiro atoms. The Morgan fingerprint density at radius 1 is 1.50 bits per heavy atom. The van der Waals surface area contributed by atoms with Gasteiger partial charge in [-0.05, 0) is 24.0 Å². The molecule has 0 aliphatic heterocycles. The van der Waals surface area contributed by atoms with Crippen molar-refractivity contribution in [2.75, 3.05) is 0 Å². The summed E-state index contributed by atoms with van der Waals surface area (Å²) < 4.78 is 0. The molecule has 2 rings (SSSR count). The molecule has 16 heavy (non-hydrogen) atoms. The molecule has 2 nitrogen and oxygen atoms in total. The maximum atomic E-state index is 11.1. The van der Waals surface area contributed by atoms with Gasteiger partial charge in [-0.1, -0.05) is 43.6 Å². The van der Waals surface area contributed by atoms with Crippen molar-refractivity contribution < 1.29 is 9.90 Å². The van der Waals surface area contributed by atoms with Crippen LogP contribution in [0.5, 0.6) is 0 Å². The summed E-state index contributed by atoms with van der Waals surface area (Å²) in [5.41, 5.74) is 0.726. The van der Waals surface area contributed by atoms with Crippen molar-refractivity contribution in [1.82, 2.24) is 0 Å². The molecule has 1 N–H and O–H groups in total. The van der Waals surface area contributed by atoms with E-state index in [0.29, 0.717) is 11.4 Å². The molecule has 1 aromatic carbocycles. The lowest BCUT2D eigenvalue weighted by molar-refractivity contribution is -0.139. The maximum Gasteiger partial charge on any atom is 0.307 e. The van der Waals surface area contributed by atoms with Gasteiger partial charge in [0.05, 0.1) is 5.92 Å². The smallest absolute Gasteiger partial charge is 0.307 e. The highest BCUT2D eigenvalue weighted by molar-refractivity contribution is 6.31. The number of benzene rings is 1. The van der Waals surface area contributed by atoms with E-state index < -0.39 is 5.97 Å². The Labute approximate surface area is 100 Å². The number of carbonyl (C=O) groups is 1. The van der Waals surface area contributed by atoms with E-state index >= 15 is 0 Å². The quantitative estimate of drug-likeness (QED) is 0.877. The summed E-state index contributed by atoms with van der Waals surface area (Å²) in [6, 6.07) is 7.57. The number of aliphatic carboxylic acids is 1. The first kappa shape index (κ1) is 11.5. The fourth-order valence-electron chi connectivity index (χ4n) is 2.67. The minimum absolute atomic E-state index is 0.260. The molecule has 2 atom stereocenters. The van der Waals surface area contributed by atoms with E-state index in [1.165, 1.54) is 0 Å². The fourth-order valence-corrected chi connectivity index (χ4v) is 2.98. The molecule has 1 aliphatic rings. The largest absolute Gasteiger partial charge is 0.481 e. The Morgan fingerprint density at radius 2 is 2.12 bits per heavy atom. The van der Waals surface area contributed by atoms with Crippen molar-refractivity contribution >= 4 is 17.6 Å². The standard InChI is InChI=1S/C13H15ClO2/c1-8(2)13(7-10(13)12(15)16)9-5-3-4-6-11(9)14/h3-6,8,10H,7H2,1-2H3,(H,15,16)/t10-,13?/m0/s1. The van der Waals surface area contributed by atoms with Crippen LogP contribution in [-0.2, 0) is 10.2 Å². The van der Waals surface area contributed by atoms with Gasteiger partial charge in [-0.3, -0.25) is 4.79 Å². The van der Waals surface area contributed by atoms with Gasteiger partial charge >= 0.3 is 5.97 Å². The second-order valence-electron chi connectivity index (χ2n) is 4.77. The number of carboxylic acids is 1. The average molecular weight is 239 g/mol. The molecule has 1 fully saturated rings. The first-order valence-electron chi connectivity index (χ1n) is 5.48. The Bertz CT molecular complexity index is 428. The predicted molar refractivity (Wildman–Crippen MR) is 63.7 cm³/mol. The molecule has 0 bridgehead atoms. The summed E-state index contributed by atoms with van der Waals surface area (Å²) in [5, 5.41) is 9.83. The summed E-state index contributed by atoms with van der Waals surface area (Å²) >= 11 is 6.17. The summed E-state index contributed by atoms with van der Waals surface area (Å²) in [6.07, 6.45) is 0.698. The second kappa shape index (κ2) is 3.77. The molecule has 0 aromatic heterocycles. The van der Waals surface area contributed by atoms with Crippen LogP contribution in [0, 0.1) is 11.8 Å². The van der Waals surface area contributed by atoms with Gasteiger partial charge in [0.2, 0.25) is 0 Å². The van der Waals surface area contributed by atoms with Crippen LogP contribution < -0.4 is 0 Å². The normalized spacial score (nSPS) is 28.1. The van der Waals surface area contributed by atoms with Crippen molar-refractivity contribution in [3.63, 3.8) is 0 Å². The van der Waals surface area contributed by atoms with Crippen LogP contribution in [0.4, 0.5) is 0 Å². The molecule has 0 radical (unpaired) electrons. The Hall–Kier alpha value is -1.02. The number of hydrogen-bond acceptors (Lipinski definition) is 1. The molecule has 0 saturated heterocycles. The summed E-state index contributed by atoms with van der Waals surface area (Å²) in [6.45, 7) is 4.12. The lowest BCUT2D eigenvalue weighted by Crippen LogP contribution is -2.21. The lowest BCUT2D eigenvalue weighted by atomic mass is 9.82. The Balaban J connectivity index is 2.45. The van der Waals surface area contributed by atoms with Crippen LogP contribution in [0.1, 0.15) is 25.8 Å². The first-order valence-corrected chi connectivity index (χ1v) is 5.85. The van der Waals surface area contributed by atoms with Crippen molar-refractivity contribution in [3.8, 4) is 0 Å². The Kier molecular flexibility index (Phi) is 2.70. The number of rotatable bonds is 3. The van der Waals surface area contributed by atoms with Crippen molar-refractivity contribution in [1.29, 1.82) is 0 Å². The predicted octanol–water partition coefficient (Wildman–Crippen LogP) is 3.34. The third-order valence-corrected chi connectivity index (χ3v) is 4.04. The summed E-state index contributed by atoms with van der Waals surface area (Å²) in [7, 11) is 0. The Morgan fingerprint density at radius 3 is 2.56 bits per heavy atom. The molecule has 1 aliphatic carbocycles. The van der Waals surface area contributed by atoms with Gasteiger partial charge in [-0.25, -0.2) is 0 Å². The van der Waals surface area contributed by atoms with Gasteiger partial charge < -0.3 is 5.11 Å². The highest BCUT2D eigenvalue weighted by Gasteiger charge is 2.61. The van der Waals surface area contributed by atoms with E-state index in [9.17, 15) is 4.79 Å². The molecule has 3 heteroatoms. The number of hydrogen-bond donors (Lipinski definition) is 1. The molecular formula is C13H15ClO2. The highest BCUT2D eigenvalue weighted by Crippen LogP contribution is 2.60.